The zero-order valence-corrected chi connectivity index (χ0v) is 12.4. The minimum Gasteiger partial charge on any atom is -0.469 e. The molecule has 1 aliphatic rings. The van der Waals surface area contributed by atoms with Gasteiger partial charge in [0.15, 0.2) is 0 Å². The summed E-state index contributed by atoms with van der Waals surface area (Å²) in [7, 11) is 1.37. The number of piperidine rings is 1. The van der Waals surface area contributed by atoms with E-state index in [4.69, 9.17) is 10.5 Å². The number of hydrogen-bond donors (Lipinski definition) is 1. The highest BCUT2D eigenvalue weighted by atomic mass is 16.5. The molecule has 1 rings (SSSR count). The maximum Gasteiger partial charge on any atom is 0.307 e. The Hall–Kier alpha value is -1.10. The minimum absolute atomic E-state index is 0.0545. The van der Waals surface area contributed by atoms with E-state index < -0.39 is 6.04 Å². The number of rotatable bonds is 3. The van der Waals surface area contributed by atoms with Gasteiger partial charge in [-0.25, -0.2) is 0 Å². The molecule has 2 N–H and O–H groups in total. The van der Waals surface area contributed by atoms with Gasteiger partial charge in [-0.15, -0.1) is 0 Å². The smallest absolute Gasteiger partial charge is 0.307 e. The lowest BCUT2D eigenvalue weighted by Gasteiger charge is -2.39. The van der Waals surface area contributed by atoms with Crippen molar-refractivity contribution in [1.82, 2.24) is 4.90 Å². The predicted molar refractivity (Wildman–Crippen MR) is 73.4 cm³/mol. The Morgan fingerprint density at radius 3 is 2.53 bits per heavy atom. The second-order valence-electron chi connectivity index (χ2n) is 6.31. The lowest BCUT2D eigenvalue weighted by Crippen LogP contribution is -2.55. The lowest BCUT2D eigenvalue weighted by molar-refractivity contribution is -0.145. The quantitative estimate of drug-likeness (QED) is 0.785. The largest absolute Gasteiger partial charge is 0.469 e. The number of ether oxygens (including phenoxy) is 1. The van der Waals surface area contributed by atoms with Crippen LogP contribution in [0, 0.1) is 5.41 Å². The van der Waals surface area contributed by atoms with Crippen molar-refractivity contribution >= 4 is 11.9 Å². The number of likely N-dealkylation sites (tertiary alicyclic amines) is 1. The average molecular weight is 270 g/mol. The van der Waals surface area contributed by atoms with Crippen molar-refractivity contribution in [2.75, 3.05) is 13.7 Å². The Kier molecular flexibility index (Phi) is 5.35. The molecule has 19 heavy (non-hydrogen) atoms. The van der Waals surface area contributed by atoms with Crippen LogP contribution in [0.25, 0.3) is 0 Å². The van der Waals surface area contributed by atoms with Crippen LogP contribution in [0.2, 0.25) is 0 Å². The van der Waals surface area contributed by atoms with E-state index in [0.717, 1.165) is 19.3 Å². The fraction of sp³-hybridized carbons (Fsp3) is 0.857. The second-order valence-corrected chi connectivity index (χ2v) is 6.31. The highest BCUT2D eigenvalue weighted by Gasteiger charge is 2.36. The van der Waals surface area contributed by atoms with Gasteiger partial charge in [0.2, 0.25) is 5.91 Å². The van der Waals surface area contributed by atoms with Crippen LogP contribution in [-0.4, -0.2) is 42.5 Å². The third-order valence-electron chi connectivity index (χ3n) is 3.74. The highest BCUT2D eigenvalue weighted by Crippen LogP contribution is 2.25. The van der Waals surface area contributed by atoms with Gasteiger partial charge in [0, 0.05) is 12.6 Å². The molecule has 5 nitrogen and oxygen atoms in total. The van der Waals surface area contributed by atoms with Gasteiger partial charge in [-0.1, -0.05) is 20.8 Å². The number of nitrogens with two attached hydrogens (primary N) is 1. The molecule has 0 aromatic carbocycles. The monoisotopic (exact) mass is 270 g/mol. The molecule has 2 atom stereocenters. The molecular weight excluding hydrogens is 244 g/mol. The van der Waals surface area contributed by atoms with Crippen LogP contribution >= 0.6 is 0 Å². The number of hydrogen-bond acceptors (Lipinski definition) is 4. The van der Waals surface area contributed by atoms with Crippen molar-refractivity contribution in [2.24, 2.45) is 11.1 Å². The van der Waals surface area contributed by atoms with E-state index in [2.05, 4.69) is 0 Å². The third kappa shape index (κ3) is 4.20. The van der Waals surface area contributed by atoms with Crippen LogP contribution in [0.5, 0.6) is 0 Å². The van der Waals surface area contributed by atoms with Crippen LogP contribution in [0.3, 0.4) is 0 Å². The van der Waals surface area contributed by atoms with Gasteiger partial charge in [0.1, 0.15) is 0 Å². The van der Waals surface area contributed by atoms with Crippen molar-refractivity contribution in [3.05, 3.63) is 0 Å². The van der Waals surface area contributed by atoms with Gasteiger partial charge in [0.05, 0.1) is 19.6 Å². The standard InChI is InChI=1S/C14H26N2O3/c1-14(2,3)12(15)13(18)16-8-6-5-7-10(16)9-11(17)19-4/h10,12H,5-9,15H2,1-4H3. The van der Waals surface area contributed by atoms with E-state index in [9.17, 15) is 9.59 Å². The molecule has 2 unspecified atom stereocenters. The topological polar surface area (TPSA) is 72.6 Å². The summed E-state index contributed by atoms with van der Waals surface area (Å²) in [5.41, 5.74) is 5.77. The Labute approximate surface area is 115 Å². The molecule has 0 aromatic rings. The first kappa shape index (κ1) is 16.0. The Morgan fingerprint density at radius 1 is 1.37 bits per heavy atom. The summed E-state index contributed by atoms with van der Waals surface area (Å²) in [6.45, 7) is 6.54. The summed E-state index contributed by atoms with van der Waals surface area (Å²) in [4.78, 5) is 25.7. The van der Waals surface area contributed by atoms with Gasteiger partial charge < -0.3 is 15.4 Å². The van der Waals surface area contributed by atoms with Gasteiger partial charge in [-0.2, -0.15) is 0 Å². The molecule has 1 saturated heterocycles. The van der Waals surface area contributed by atoms with Crippen molar-refractivity contribution < 1.29 is 14.3 Å². The summed E-state index contributed by atoms with van der Waals surface area (Å²) in [5.74, 6) is -0.324. The highest BCUT2D eigenvalue weighted by molar-refractivity contribution is 5.83. The van der Waals surface area contributed by atoms with Crippen LogP contribution in [0.15, 0.2) is 0 Å². The zero-order chi connectivity index (χ0) is 14.6. The molecule has 5 heteroatoms. The van der Waals surface area contributed by atoms with E-state index in [1.165, 1.54) is 7.11 Å². The van der Waals surface area contributed by atoms with Gasteiger partial charge in [0.25, 0.3) is 0 Å². The van der Waals surface area contributed by atoms with Crippen molar-refractivity contribution in [1.29, 1.82) is 0 Å². The number of nitrogens with zero attached hydrogens (tertiary/aromatic N) is 1. The first-order valence-corrected chi connectivity index (χ1v) is 6.90. The molecule has 0 spiro atoms. The lowest BCUT2D eigenvalue weighted by atomic mass is 9.85. The number of methoxy groups -OCH3 is 1. The average Bonchev–Trinajstić information content (AvgIpc) is 2.36. The summed E-state index contributed by atoms with van der Waals surface area (Å²) < 4.78 is 4.70. The number of esters is 1. The molecule has 0 aromatic heterocycles. The molecule has 0 saturated carbocycles. The van der Waals surface area contributed by atoms with Crippen LogP contribution in [-0.2, 0) is 14.3 Å². The van der Waals surface area contributed by atoms with Crippen LogP contribution in [0.4, 0.5) is 0 Å². The van der Waals surface area contributed by atoms with E-state index >= 15 is 0 Å². The van der Waals surface area contributed by atoms with Crippen LogP contribution in [0.1, 0.15) is 46.5 Å². The number of carbonyl (C=O) groups excluding carboxylic acids is 2. The normalized spacial score (nSPS) is 21.9. The maximum atomic E-state index is 12.5. The van der Waals surface area contributed by atoms with Gasteiger partial charge in [-0.05, 0) is 24.7 Å². The van der Waals surface area contributed by atoms with Crippen LogP contribution < -0.4 is 5.73 Å². The summed E-state index contributed by atoms with van der Waals surface area (Å²) in [6, 6.07) is -0.604. The molecule has 110 valence electrons. The fourth-order valence-corrected chi connectivity index (χ4v) is 2.33. The van der Waals surface area contributed by atoms with E-state index in [1.807, 2.05) is 20.8 Å². The summed E-state index contributed by atoms with van der Waals surface area (Å²) >= 11 is 0. The number of amides is 1. The van der Waals surface area contributed by atoms with Gasteiger partial charge >= 0.3 is 5.97 Å². The van der Waals surface area contributed by atoms with E-state index in [0.29, 0.717) is 6.54 Å². The second kappa shape index (κ2) is 6.37. The minimum atomic E-state index is -0.536. The molecule has 0 aliphatic carbocycles. The molecule has 1 fully saturated rings. The summed E-state index contributed by atoms with van der Waals surface area (Å²) in [6.07, 6.45) is 3.12. The van der Waals surface area contributed by atoms with Gasteiger partial charge in [-0.3, -0.25) is 9.59 Å². The summed E-state index contributed by atoms with van der Waals surface area (Å²) in [5, 5.41) is 0. The molecule has 0 bridgehead atoms. The first-order valence-electron chi connectivity index (χ1n) is 6.90. The zero-order valence-electron chi connectivity index (χ0n) is 12.4. The first-order chi connectivity index (χ1) is 8.77. The van der Waals surface area contributed by atoms with E-state index in [-0.39, 0.29) is 29.8 Å². The fourth-order valence-electron chi connectivity index (χ4n) is 2.33. The molecular formula is C14H26N2O3. The molecule has 1 amide bonds. The Bertz CT molecular complexity index is 336. The third-order valence-corrected chi connectivity index (χ3v) is 3.74. The SMILES string of the molecule is COC(=O)CC1CCCCN1C(=O)C(N)C(C)(C)C. The molecule has 1 aliphatic heterocycles. The Balaban J connectivity index is 2.76. The maximum absolute atomic E-state index is 12.5. The molecule has 0 radical (unpaired) electrons. The van der Waals surface area contributed by atoms with Crippen molar-refractivity contribution in [3.63, 3.8) is 0 Å². The Morgan fingerprint density at radius 2 is 2.00 bits per heavy atom. The predicted octanol–water partition coefficient (Wildman–Crippen LogP) is 1.30. The molecule has 1 heterocycles. The van der Waals surface area contributed by atoms with E-state index in [1.54, 1.807) is 4.90 Å². The number of carbonyl (C=O) groups is 2. The van der Waals surface area contributed by atoms with Crippen molar-refractivity contribution in [3.8, 4) is 0 Å². The van der Waals surface area contributed by atoms with Crippen molar-refractivity contribution in [2.45, 2.75) is 58.5 Å².